The molecule has 1 heterocycles. The Balaban J connectivity index is 2.20. The largest absolute Gasteiger partial charge is 0.481 e. The molecular weight excluding hydrogens is 410 g/mol. The molecule has 1 aromatic heterocycles. The summed E-state index contributed by atoms with van der Waals surface area (Å²) in [4.78, 5) is 35.4. The number of carbonyl (C=O) groups excluding carboxylic acids is 2. The fourth-order valence-corrected chi connectivity index (χ4v) is 3.06. The monoisotopic (exact) mass is 425 g/mol. The number of carboxylic acids is 1. The maximum atomic E-state index is 12.6. The molecule has 25 heavy (non-hydrogen) atoms. The lowest BCUT2D eigenvalue weighted by molar-refractivity contribution is -0.138. The van der Waals surface area contributed by atoms with Crippen molar-refractivity contribution in [2.24, 2.45) is 0 Å². The summed E-state index contributed by atoms with van der Waals surface area (Å²) in [7, 11) is 0. The van der Waals surface area contributed by atoms with Crippen molar-refractivity contribution in [1.82, 2.24) is 4.68 Å². The summed E-state index contributed by atoms with van der Waals surface area (Å²) in [6.07, 6.45) is 3.58. The van der Waals surface area contributed by atoms with Crippen LogP contribution in [0.5, 0.6) is 0 Å². The molecule has 0 saturated heterocycles. The molecule has 0 radical (unpaired) electrons. The molecule has 2 rings (SSSR count). The molecule has 0 fully saturated rings. The molecule has 7 nitrogen and oxygen atoms in total. The van der Waals surface area contributed by atoms with E-state index in [4.69, 9.17) is 5.11 Å². The quantitative estimate of drug-likeness (QED) is 0.444. The van der Waals surface area contributed by atoms with Gasteiger partial charge in [0, 0.05) is 16.8 Å². The molecule has 3 N–H and O–H groups in total. The zero-order valence-corrected chi connectivity index (χ0v) is 15.6. The Bertz CT molecular complexity index is 793. The summed E-state index contributed by atoms with van der Waals surface area (Å²) < 4.78 is 1.85. The molecule has 1 amide bonds. The van der Waals surface area contributed by atoms with E-state index in [0.29, 0.717) is 16.4 Å². The molecule has 1 atom stereocenters. The van der Waals surface area contributed by atoms with Gasteiger partial charge in [0.2, 0.25) is 0 Å². The molecule has 0 saturated carbocycles. The number of amides is 1. The first-order valence-corrected chi connectivity index (χ1v) is 9.22. The highest BCUT2D eigenvalue weighted by Gasteiger charge is 2.19. The van der Waals surface area contributed by atoms with Crippen molar-refractivity contribution >= 4 is 51.5 Å². The number of aromatic nitrogens is 1. The summed E-state index contributed by atoms with van der Waals surface area (Å²) in [6, 6.07) is 8.05. The summed E-state index contributed by atoms with van der Waals surface area (Å²) in [5, 5.41) is 11.6. The Morgan fingerprint density at radius 3 is 2.80 bits per heavy atom. The van der Waals surface area contributed by atoms with Crippen molar-refractivity contribution < 1.29 is 19.5 Å². The Labute approximate surface area is 156 Å². The van der Waals surface area contributed by atoms with E-state index in [0.717, 1.165) is 4.90 Å². The van der Waals surface area contributed by atoms with Gasteiger partial charge < -0.3 is 20.6 Å². The second kappa shape index (κ2) is 8.72. The summed E-state index contributed by atoms with van der Waals surface area (Å²) in [5.74, 6) is -1.52. The van der Waals surface area contributed by atoms with Crippen LogP contribution >= 0.6 is 27.7 Å². The maximum Gasteiger partial charge on any atom is 0.305 e. The summed E-state index contributed by atoms with van der Waals surface area (Å²) in [5.41, 5.74) is 3.57. The van der Waals surface area contributed by atoms with E-state index in [1.54, 1.807) is 23.9 Å². The number of aliphatic carboxylic acids is 1. The second-order valence-corrected chi connectivity index (χ2v) is 6.77. The zero-order valence-electron chi connectivity index (χ0n) is 13.2. The molecule has 9 heteroatoms. The number of rotatable bonds is 8. The van der Waals surface area contributed by atoms with E-state index in [-0.39, 0.29) is 5.69 Å². The predicted octanol–water partition coefficient (Wildman–Crippen LogP) is 2.81. The fourth-order valence-electron chi connectivity index (χ4n) is 2.12. The minimum Gasteiger partial charge on any atom is -0.481 e. The van der Waals surface area contributed by atoms with Crippen molar-refractivity contribution in [2.75, 3.05) is 17.0 Å². The number of benzene rings is 1. The zero-order chi connectivity index (χ0) is 18.4. The minimum atomic E-state index is -1.12. The van der Waals surface area contributed by atoms with E-state index >= 15 is 0 Å². The summed E-state index contributed by atoms with van der Waals surface area (Å²) >= 11 is 4.85. The van der Waals surface area contributed by atoms with Crippen LogP contribution in [0.3, 0.4) is 0 Å². The van der Waals surface area contributed by atoms with Gasteiger partial charge in [-0.15, -0.1) is 11.8 Å². The first-order valence-electron chi connectivity index (χ1n) is 7.20. The number of carboxylic acid groups (broad SMARTS) is 1. The van der Waals surface area contributed by atoms with E-state index in [9.17, 15) is 14.4 Å². The van der Waals surface area contributed by atoms with Gasteiger partial charge in [0.1, 0.15) is 18.0 Å². The SMILES string of the molecule is CSc1cccc(NC(=O)c2c(Br)ccn2NC(C=O)CC(=O)O)c1. The van der Waals surface area contributed by atoms with E-state index < -0.39 is 24.3 Å². The number of halogens is 1. The number of anilines is 1. The van der Waals surface area contributed by atoms with Crippen molar-refractivity contribution in [3.63, 3.8) is 0 Å². The van der Waals surface area contributed by atoms with Crippen LogP contribution in [0, 0.1) is 0 Å². The average Bonchev–Trinajstić information content (AvgIpc) is 2.94. The fraction of sp³-hybridized carbons (Fsp3) is 0.188. The molecular formula is C16H16BrN3O4S. The van der Waals surface area contributed by atoms with Crippen LogP contribution in [0.2, 0.25) is 0 Å². The van der Waals surface area contributed by atoms with Gasteiger partial charge >= 0.3 is 5.97 Å². The van der Waals surface area contributed by atoms with Crippen molar-refractivity contribution in [3.8, 4) is 0 Å². The van der Waals surface area contributed by atoms with Crippen LogP contribution in [-0.2, 0) is 9.59 Å². The van der Waals surface area contributed by atoms with Crippen LogP contribution in [0.4, 0.5) is 5.69 Å². The highest BCUT2D eigenvalue weighted by atomic mass is 79.9. The molecule has 1 unspecified atom stereocenters. The van der Waals surface area contributed by atoms with Gasteiger partial charge in [0.25, 0.3) is 5.91 Å². The Kier molecular flexibility index (Phi) is 6.65. The van der Waals surface area contributed by atoms with Crippen LogP contribution in [-0.4, -0.2) is 40.2 Å². The molecule has 132 valence electrons. The van der Waals surface area contributed by atoms with Crippen LogP contribution in [0.1, 0.15) is 16.9 Å². The van der Waals surface area contributed by atoms with Gasteiger partial charge in [-0.05, 0) is 46.5 Å². The molecule has 0 spiro atoms. The smallest absolute Gasteiger partial charge is 0.305 e. The highest BCUT2D eigenvalue weighted by molar-refractivity contribution is 9.10. The lowest BCUT2D eigenvalue weighted by Crippen LogP contribution is -2.33. The minimum absolute atomic E-state index is 0.229. The van der Waals surface area contributed by atoms with Gasteiger partial charge in [-0.2, -0.15) is 0 Å². The average molecular weight is 426 g/mol. The number of thioether (sulfide) groups is 1. The van der Waals surface area contributed by atoms with Crippen LogP contribution < -0.4 is 10.7 Å². The third-order valence-electron chi connectivity index (χ3n) is 3.24. The lowest BCUT2D eigenvalue weighted by Gasteiger charge is -2.16. The predicted molar refractivity (Wildman–Crippen MR) is 99.8 cm³/mol. The molecule has 0 aliphatic heterocycles. The molecule has 0 bridgehead atoms. The number of nitrogens with zero attached hydrogens (tertiary/aromatic N) is 1. The third-order valence-corrected chi connectivity index (χ3v) is 4.61. The first-order chi connectivity index (χ1) is 11.9. The molecule has 2 aromatic rings. The summed E-state index contributed by atoms with van der Waals surface area (Å²) in [6.45, 7) is 0. The normalized spacial score (nSPS) is 11.6. The maximum absolute atomic E-state index is 12.6. The first kappa shape index (κ1) is 19.1. The van der Waals surface area contributed by atoms with E-state index in [2.05, 4.69) is 26.7 Å². The van der Waals surface area contributed by atoms with Gasteiger partial charge in [0.05, 0.1) is 10.9 Å². The lowest BCUT2D eigenvalue weighted by atomic mass is 10.2. The highest BCUT2D eigenvalue weighted by Crippen LogP contribution is 2.22. The van der Waals surface area contributed by atoms with Crippen molar-refractivity contribution in [1.29, 1.82) is 0 Å². The number of hydrogen-bond acceptors (Lipinski definition) is 5. The van der Waals surface area contributed by atoms with E-state index in [1.807, 2.05) is 24.5 Å². The van der Waals surface area contributed by atoms with Crippen LogP contribution in [0.15, 0.2) is 45.9 Å². The van der Waals surface area contributed by atoms with Gasteiger partial charge in [-0.25, -0.2) is 0 Å². The van der Waals surface area contributed by atoms with E-state index in [1.165, 1.54) is 10.9 Å². The van der Waals surface area contributed by atoms with Gasteiger partial charge in [-0.1, -0.05) is 6.07 Å². The second-order valence-electron chi connectivity index (χ2n) is 5.04. The molecule has 1 aromatic carbocycles. The number of hydrogen-bond donors (Lipinski definition) is 3. The topological polar surface area (TPSA) is 100 Å². The number of carbonyl (C=O) groups is 3. The standard InChI is InChI=1S/C16H16BrN3O4S/c1-25-12-4-2-3-10(7-12)18-16(24)15-13(17)5-6-20(15)19-11(9-21)8-14(22)23/h2-7,9,11,19H,8H2,1H3,(H,18,24)(H,22,23). The Hall–Kier alpha value is -2.26. The van der Waals surface area contributed by atoms with Crippen LogP contribution in [0.25, 0.3) is 0 Å². The Morgan fingerprint density at radius 2 is 2.16 bits per heavy atom. The van der Waals surface area contributed by atoms with Crippen molar-refractivity contribution in [3.05, 3.63) is 46.7 Å². The van der Waals surface area contributed by atoms with Crippen molar-refractivity contribution in [2.45, 2.75) is 17.4 Å². The Morgan fingerprint density at radius 1 is 1.40 bits per heavy atom. The van der Waals surface area contributed by atoms with Gasteiger partial charge in [-0.3, -0.25) is 14.3 Å². The third kappa shape index (κ3) is 5.10. The number of aldehydes is 1. The van der Waals surface area contributed by atoms with Gasteiger partial charge in [0.15, 0.2) is 0 Å². The molecule has 0 aliphatic rings. The number of nitrogens with one attached hydrogen (secondary N) is 2. The molecule has 0 aliphatic carbocycles.